The molecule has 1 fully saturated rings. The molecule has 1 atom stereocenters. The number of carbonyl (C=O) groups excluding carboxylic acids is 2. The van der Waals surface area contributed by atoms with Crippen molar-refractivity contribution in [2.24, 2.45) is 4.99 Å². The number of aryl methyl sites for hydroxylation is 1. The summed E-state index contributed by atoms with van der Waals surface area (Å²) < 4.78 is 5.26. The van der Waals surface area contributed by atoms with Crippen LogP contribution in [0.5, 0.6) is 5.75 Å². The van der Waals surface area contributed by atoms with E-state index in [0.29, 0.717) is 16.6 Å². The van der Waals surface area contributed by atoms with Crippen LogP contribution < -0.4 is 15.4 Å². The predicted molar refractivity (Wildman–Crippen MR) is 104 cm³/mol. The van der Waals surface area contributed by atoms with E-state index in [1.165, 1.54) is 11.8 Å². The van der Waals surface area contributed by atoms with Crippen LogP contribution in [-0.2, 0) is 9.59 Å². The summed E-state index contributed by atoms with van der Waals surface area (Å²) in [6.45, 7) is 1.92. The first kappa shape index (κ1) is 18.0. The molecule has 2 N–H and O–H groups in total. The first-order valence-electron chi connectivity index (χ1n) is 8.11. The molecule has 0 aliphatic carbocycles. The van der Waals surface area contributed by atoms with Gasteiger partial charge in [0, 0.05) is 12.1 Å². The number of rotatable bonds is 5. The fourth-order valence-corrected chi connectivity index (χ4v) is 3.49. The zero-order valence-corrected chi connectivity index (χ0v) is 15.3. The molecule has 0 spiro atoms. The van der Waals surface area contributed by atoms with Crippen molar-refractivity contribution in [3.8, 4) is 5.75 Å². The van der Waals surface area contributed by atoms with E-state index >= 15 is 0 Å². The number of methoxy groups -OCH3 is 1. The minimum atomic E-state index is -0.507. The van der Waals surface area contributed by atoms with Crippen molar-refractivity contribution in [3.63, 3.8) is 0 Å². The number of aliphatic imine (C=N–C) groups is 1. The van der Waals surface area contributed by atoms with Crippen molar-refractivity contribution in [2.75, 3.05) is 12.4 Å². The molecule has 6 nitrogen and oxygen atoms in total. The summed E-state index contributed by atoms with van der Waals surface area (Å²) in [5.41, 5.74) is 2.36. The molecule has 134 valence electrons. The Morgan fingerprint density at radius 1 is 1.23 bits per heavy atom. The van der Waals surface area contributed by atoms with Crippen LogP contribution in [0.2, 0.25) is 0 Å². The fraction of sp³-hybridized carbons (Fsp3) is 0.211. The third-order valence-corrected chi connectivity index (χ3v) is 4.96. The first-order valence-corrected chi connectivity index (χ1v) is 8.99. The molecule has 1 saturated heterocycles. The Bertz CT molecular complexity index is 867. The van der Waals surface area contributed by atoms with Crippen molar-refractivity contribution in [1.82, 2.24) is 5.32 Å². The summed E-state index contributed by atoms with van der Waals surface area (Å²) in [6, 6.07) is 14.8. The van der Waals surface area contributed by atoms with Gasteiger partial charge in [-0.2, -0.15) is 0 Å². The second-order valence-corrected chi connectivity index (χ2v) is 6.94. The maximum atomic E-state index is 12.3. The number of hydrogen-bond acceptors (Lipinski definition) is 5. The highest BCUT2D eigenvalue weighted by Crippen LogP contribution is 2.30. The summed E-state index contributed by atoms with van der Waals surface area (Å²) in [5, 5.41) is 5.53. The minimum Gasteiger partial charge on any atom is -0.494 e. The van der Waals surface area contributed by atoms with Crippen LogP contribution in [0.1, 0.15) is 12.0 Å². The summed E-state index contributed by atoms with van der Waals surface area (Å²) >= 11 is 1.25. The van der Waals surface area contributed by atoms with Gasteiger partial charge < -0.3 is 15.4 Å². The molecule has 0 saturated carbocycles. The van der Waals surface area contributed by atoms with Crippen molar-refractivity contribution in [3.05, 3.63) is 54.1 Å². The molecule has 7 heteroatoms. The fourth-order valence-electron chi connectivity index (χ4n) is 2.51. The first-order chi connectivity index (χ1) is 12.6. The van der Waals surface area contributed by atoms with Crippen LogP contribution in [0.25, 0.3) is 0 Å². The average Bonchev–Trinajstić information content (AvgIpc) is 2.96. The van der Waals surface area contributed by atoms with Crippen molar-refractivity contribution < 1.29 is 14.3 Å². The van der Waals surface area contributed by atoms with E-state index in [2.05, 4.69) is 15.6 Å². The molecule has 26 heavy (non-hydrogen) atoms. The van der Waals surface area contributed by atoms with Gasteiger partial charge in [-0.1, -0.05) is 42.1 Å². The number of benzene rings is 2. The molecule has 3 rings (SSSR count). The van der Waals surface area contributed by atoms with Gasteiger partial charge in [-0.05, 0) is 30.7 Å². The molecule has 1 aliphatic rings. The SMILES string of the molecule is COc1ccccc1N=C1NC(=O)[C@H](CC(=O)Nc2ccccc2C)S1. The molecule has 2 aromatic carbocycles. The Morgan fingerprint density at radius 3 is 2.73 bits per heavy atom. The lowest BCUT2D eigenvalue weighted by Crippen LogP contribution is -2.28. The lowest BCUT2D eigenvalue weighted by Gasteiger charge is -2.09. The van der Waals surface area contributed by atoms with Crippen LogP contribution in [-0.4, -0.2) is 29.3 Å². The molecule has 0 bridgehead atoms. The van der Waals surface area contributed by atoms with E-state index in [4.69, 9.17) is 4.74 Å². The highest BCUT2D eigenvalue weighted by atomic mass is 32.2. The summed E-state index contributed by atoms with van der Waals surface area (Å²) in [6.07, 6.45) is 0.0791. The lowest BCUT2D eigenvalue weighted by atomic mass is 10.2. The van der Waals surface area contributed by atoms with Crippen molar-refractivity contribution in [1.29, 1.82) is 0 Å². The topological polar surface area (TPSA) is 79.8 Å². The molecule has 0 aromatic heterocycles. The second-order valence-electron chi connectivity index (χ2n) is 5.75. The van der Waals surface area contributed by atoms with Crippen molar-refractivity contribution >= 4 is 40.1 Å². The predicted octanol–water partition coefficient (Wildman–Crippen LogP) is 3.25. The second kappa shape index (κ2) is 8.05. The lowest BCUT2D eigenvalue weighted by molar-refractivity contribution is -0.122. The number of hydrogen-bond donors (Lipinski definition) is 2. The number of amidine groups is 1. The Morgan fingerprint density at radius 2 is 1.96 bits per heavy atom. The van der Waals surface area contributed by atoms with Crippen LogP contribution in [0, 0.1) is 6.92 Å². The summed E-state index contributed by atoms with van der Waals surface area (Å²) in [7, 11) is 1.57. The van der Waals surface area contributed by atoms with E-state index in [9.17, 15) is 9.59 Å². The van der Waals surface area contributed by atoms with Gasteiger partial charge in [0.05, 0.1) is 7.11 Å². The van der Waals surface area contributed by atoms with Gasteiger partial charge >= 0.3 is 0 Å². The van der Waals surface area contributed by atoms with Gasteiger partial charge in [0.25, 0.3) is 0 Å². The van der Waals surface area contributed by atoms with Crippen LogP contribution in [0.15, 0.2) is 53.5 Å². The van der Waals surface area contributed by atoms with Gasteiger partial charge in [0.15, 0.2) is 5.17 Å². The highest BCUT2D eigenvalue weighted by Gasteiger charge is 2.32. The summed E-state index contributed by atoms with van der Waals surface area (Å²) in [5.74, 6) is 0.199. The number of amides is 2. The Kier molecular flexibility index (Phi) is 5.58. The highest BCUT2D eigenvalue weighted by molar-refractivity contribution is 8.15. The maximum Gasteiger partial charge on any atom is 0.240 e. The Labute approximate surface area is 156 Å². The number of nitrogens with zero attached hydrogens (tertiary/aromatic N) is 1. The van der Waals surface area contributed by atoms with E-state index in [-0.39, 0.29) is 18.2 Å². The van der Waals surface area contributed by atoms with Crippen LogP contribution in [0.3, 0.4) is 0 Å². The smallest absolute Gasteiger partial charge is 0.240 e. The number of ether oxygens (including phenoxy) is 1. The molecule has 0 unspecified atom stereocenters. The summed E-state index contributed by atoms with van der Waals surface area (Å²) in [4.78, 5) is 28.9. The number of para-hydroxylation sites is 3. The molecule has 2 aromatic rings. The zero-order valence-electron chi connectivity index (χ0n) is 14.5. The Hall–Kier alpha value is -2.80. The largest absolute Gasteiger partial charge is 0.494 e. The third kappa shape index (κ3) is 4.23. The maximum absolute atomic E-state index is 12.3. The molecule has 0 radical (unpaired) electrons. The number of anilines is 1. The normalized spacial score (nSPS) is 17.8. The average molecular weight is 369 g/mol. The minimum absolute atomic E-state index is 0.0791. The number of thioether (sulfide) groups is 1. The number of nitrogens with one attached hydrogen (secondary N) is 2. The molecule has 2 amide bonds. The van der Waals surface area contributed by atoms with E-state index < -0.39 is 5.25 Å². The standard InChI is InChI=1S/C19H19N3O3S/c1-12-7-3-4-8-13(12)20-17(23)11-16-18(24)22-19(26-16)21-14-9-5-6-10-15(14)25-2/h3-10,16H,11H2,1-2H3,(H,20,23)(H,21,22,24)/t16-/m0/s1. The van der Waals surface area contributed by atoms with Gasteiger partial charge in [-0.25, -0.2) is 4.99 Å². The van der Waals surface area contributed by atoms with Gasteiger partial charge in [0.1, 0.15) is 16.7 Å². The zero-order chi connectivity index (χ0) is 18.5. The van der Waals surface area contributed by atoms with E-state index in [1.807, 2.05) is 43.3 Å². The molecule has 1 aliphatic heterocycles. The number of carbonyl (C=O) groups is 2. The third-order valence-electron chi connectivity index (χ3n) is 3.87. The molecule has 1 heterocycles. The molecular weight excluding hydrogens is 350 g/mol. The van der Waals surface area contributed by atoms with Crippen molar-refractivity contribution in [2.45, 2.75) is 18.6 Å². The quantitative estimate of drug-likeness (QED) is 0.848. The van der Waals surface area contributed by atoms with Gasteiger partial charge in [-0.15, -0.1) is 0 Å². The van der Waals surface area contributed by atoms with Gasteiger partial charge in [0.2, 0.25) is 11.8 Å². The van der Waals surface area contributed by atoms with E-state index in [0.717, 1.165) is 11.3 Å². The Balaban J connectivity index is 1.65. The van der Waals surface area contributed by atoms with Crippen LogP contribution in [0.4, 0.5) is 11.4 Å². The van der Waals surface area contributed by atoms with Gasteiger partial charge in [-0.3, -0.25) is 9.59 Å². The molecular formula is C19H19N3O3S. The monoisotopic (exact) mass is 369 g/mol. The van der Waals surface area contributed by atoms with E-state index in [1.54, 1.807) is 19.2 Å². The van der Waals surface area contributed by atoms with Crippen LogP contribution >= 0.6 is 11.8 Å².